The molecule has 3 aromatic rings. The summed E-state index contributed by atoms with van der Waals surface area (Å²) >= 11 is 1.09. The van der Waals surface area contributed by atoms with Gasteiger partial charge in [0.1, 0.15) is 5.82 Å². The highest BCUT2D eigenvalue weighted by Gasteiger charge is 2.22. The first kappa shape index (κ1) is 24.5. The number of thioether (sulfide) groups is 1. The second kappa shape index (κ2) is 10.2. The first-order valence-corrected chi connectivity index (χ1v) is 11.3. The number of carbonyl (C=O) groups is 2. The number of aliphatic hydroxyl groups excluding tert-OH is 1. The van der Waals surface area contributed by atoms with Gasteiger partial charge in [0.25, 0.3) is 5.56 Å². The minimum Gasteiger partial charge on any atom is -0.465 e. The lowest BCUT2D eigenvalue weighted by atomic mass is 10.1. The van der Waals surface area contributed by atoms with E-state index >= 15 is 0 Å². The summed E-state index contributed by atoms with van der Waals surface area (Å²) in [6, 6.07) is 6.25. The van der Waals surface area contributed by atoms with E-state index in [0.717, 1.165) is 11.8 Å². The van der Waals surface area contributed by atoms with Gasteiger partial charge in [-0.3, -0.25) is 14.2 Å². The molecule has 0 bridgehead atoms. The number of carbonyl (C=O) groups excluding carboxylic acids is 2. The number of aliphatic hydroxyl groups is 1. The fourth-order valence-corrected chi connectivity index (χ4v) is 4.14. The number of hydrogen-bond donors (Lipinski definition) is 2. The molecule has 1 amide bonds. The van der Waals surface area contributed by atoms with Gasteiger partial charge >= 0.3 is 5.97 Å². The lowest BCUT2D eigenvalue weighted by Crippen LogP contribution is -2.30. The number of aromatic nitrogens is 4. The molecular weight excluding hydrogens is 446 g/mol. The average molecular weight is 474 g/mol. The molecule has 0 saturated heterocycles. The van der Waals surface area contributed by atoms with E-state index in [2.05, 4.69) is 15.4 Å². The number of anilines is 1. The van der Waals surface area contributed by atoms with Crippen LogP contribution in [0.5, 0.6) is 0 Å². The molecule has 1 aromatic carbocycles. The van der Waals surface area contributed by atoms with Crippen LogP contribution in [0.2, 0.25) is 0 Å². The Bertz CT molecular complexity index is 1230. The molecule has 3 rings (SSSR count). The Morgan fingerprint density at radius 1 is 1.21 bits per heavy atom. The summed E-state index contributed by atoms with van der Waals surface area (Å²) in [5.74, 6) is -0.266. The SMILES string of the molecule is COC(=O)c1ccc2c(=O)n(C[C@@H](C)O)c(S[C@H](C)C(=O)Nc3ccnn3C(C)C)nc2c1. The maximum atomic E-state index is 13.1. The van der Waals surface area contributed by atoms with Crippen molar-refractivity contribution >= 4 is 40.4 Å². The van der Waals surface area contributed by atoms with Crippen molar-refractivity contribution in [3.8, 4) is 0 Å². The zero-order valence-corrected chi connectivity index (χ0v) is 19.9. The van der Waals surface area contributed by atoms with Gasteiger partial charge in [0.15, 0.2) is 5.16 Å². The number of hydrogen-bond acceptors (Lipinski definition) is 8. The third-order valence-corrected chi connectivity index (χ3v) is 5.94. The van der Waals surface area contributed by atoms with Gasteiger partial charge in [0.2, 0.25) is 5.91 Å². The molecule has 2 aromatic heterocycles. The first-order chi connectivity index (χ1) is 15.6. The third kappa shape index (κ3) is 5.42. The van der Waals surface area contributed by atoms with Crippen molar-refractivity contribution in [3.05, 3.63) is 46.4 Å². The minimum atomic E-state index is -0.805. The van der Waals surface area contributed by atoms with E-state index < -0.39 is 17.3 Å². The number of nitrogens with zero attached hydrogens (tertiary/aromatic N) is 4. The van der Waals surface area contributed by atoms with Gasteiger partial charge in [-0.05, 0) is 45.9 Å². The van der Waals surface area contributed by atoms with Crippen LogP contribution in [0.15, 0.2) is 40.4 Å². The number of esters is 1. The summed E-state index contributed by atoms with van der Waals surface area (Å²) < 4.78 is 7.79. The van der Waals surface area contributed by atoms with E-state index in [1.54, 1.807) is 30.8 Å². The molecule has 0 radical (unpaired) electrons. The number of nitrogens with one attached hydrogen (secondary N) is 1. The van der Waals surface area contributed by atoms with E-state index in [1.165, 1.54) is 29.9 Å². The van der Waals surface area contributed by atoms with E-state index in [-0.39, 0.29) is 34.8 Å². The van der Waals surface area contributed by atoms with Crippen molar-refractivity contribution in [1.29, 1.82) is 0 Å². The average Bonchev–Trinajstić information content (AvgIpc) is 3.23. The van der Waals surface area contributed by atoms with Crippen molar-refractivity contribution in [2.75, 3.05) is 12.4 Å². The summed E-state index contributed by atoms with van der Waals surface area (Å²) in [6.45, 7) is 7.18. The number of ether oxygens (including phenoxy) is 1. The first-order valence-electron chi connectivity index (χ1n) is 10.4. The standard InChI is InChI=1S/C22H27N5O5S/c1-12(2)27-18(8-9-23-27)25-19(29)14(4)33-22-24-17-10-15(21(31)32-5)6-7-16(17)20(30)26(22)11-13(3)28/h6-10,12-14,28H,11H2,1-5H3,(H,25,29)/t13-,14-/m1/s1. The summed E-state index contributed by atoms with van der Waals surface area (Å²) in [6.07, 6.45) is 0.803. The Hall–Kier alpha value is -3.18. The lowest BCUT2D eigenvalue weighted by Gasteiger charge is -2.18. The largest absolute Gasteiger partial charge is 0.465 e. The van der Waals surface area contributed by atoms with E-state index in [1.807, 2.05) is 13.8 Å². The Balaban J connectivity index is 1.96. The Kier molecular flexibility index (Phi) is 7.54. The fourth-order valence-electron chi connectivity index (χ4n) is 3.22. The molecule has 2 heterocycles. The van der Waals surface area contributed by atoms with Gasteiger partial charge in [0.05, 0.1) is 47.7 Å². The van der Waals surface area contributed by atoms with Crippen LogP contribution in [0.25, 0.3) is 10.9 Å². The molecule has 176 valence electrons. The molecule has 0 aliphatic carbocycles. The van der Waals surface area contributed by atoms with Gasteiger partial charge in [-0.2, -0.15) is 5.10 Å². The molecule has 11 heteroatoms. The lowest BCUT2D eigenvalue weighted by molar-refractivity contribution is -0.115. The Labute approximate surface area is 195 Å². The third-order valence-electron chi connectivity index (χ3n) is 4.85. The molecule has 0 unspecified atom stereocenters. The zero-order valence-electron chi connectivity index (χ0n) is 19.1. The van der Waals surface area contributed by atoms with Gasteiger partial charge in [0, 0.05) is 12.1 Å². The smallest absolute Gasteiger partial charge is 0.337 e. The predicted octanol–water partition coefficient (Wildman–Crippen LogP) is 2.46. The van der Waals surface area contributed by atoms with E-state index in [0.29, 0.717) is 16.7 Å². The van der Waals surface area contributed by atoms with Crippen LogP contribution in [0, 0.1) is 0 Å². The monoisotopic (exact) mass is 473 g/mol. The van der Waals surface area contributed by atoms with E-state index in [9.17, 15) is 19.5 Å². The topological polar surface area (TPSA) is 128 Å². The van der Waals surface area contributed by atoms with Crippen molar-refractivity contribution < 1.29 is 19.4 Å². The van der Waals surface area contributed by atoms with Crippen molar-refractivity contribution in [2.24, 2.45) is 0 Å². The molecule has 0 fully saturated rings. The van der Waals surface area contributed by atoms with Crippen LogP contribution < -0.4 is 10.9 Å². The number of methoxy groups -OCH3 is 1. The number of rotatable bonds is 8. The van der Waals surface area contributed by atoms with Crippen molar-refractivity contribution in [1.82, 2.24) is 19.3 Å². The maximum Gasteiger partial charge on any atom is 0.337 e. The second-order valence-corrected chi connectivity index (χ2v) is 9.19. The molecule has 0 spiro atoms. The molecule has 33 heavy (non-hydrogen) atoms. The highest BCUT2D eigenvalue weighted by molar-refractivity contribution is 8.00. The molecular formula is C22H27N5O5S. The highest BCUT2D eigenvalue weighted by atomic mass is 32.2. The minimum absolute atomic E-state index is 0.0112. The molecule has 0 saturated carbocycles. The van der Waals surface area contributed by atoms with Crippen LogP contribution in [-0.2, 0) is 16.1 Å². The van der Waals surface area contributed by atoms with Gasteiger partial charge in [-0.25, -0.2) is 14.5 Å². The Morgan fingerprint density at radius 3 is 2.58 bits per heavy atom. The Morgan fingerprint density at radius 2 is 1.94 bits per heavy atom. The molecule has 0 aliphatic rings. The zero-order chi connectivity index (χ0) is 24.3. The van der Waals surface area contributed by atoms with Crippen LogP contribution in [-0.4, -0.2) is 54.8 Å². The van der Waals surface area contributed by atoms with E-state index in [4.69, 9.17) is 4.74 Å². The maximum absolute atomic E-state index is 13.1. The molecule has 0 aliphatic heterocycles. The summed E-state index contributed by atoms with van der Waals surface area (Å²) in [5.41, 5.74) is 0.192. The number of benzene rings is 1. The quantitative estimate of drug-likeness (QED) is 0.290. The summed E-state index contributed by atoms with van der Waals surface area (Å²) in [7, 11) is 1.27. The van der Waals surface area contributed by atoms with Crippen LogP contribution >= 0.6 is 11.8 Å². The van der Waals surface area contributed by atoms with Crippen LogP contribution in [0.4, 0.5) is 5.82 Å². The normalized spacial score (nSPS) is 13.2. The number of fused-ring (bicyclic) bond motifs is 1. The van der Waals surface area contributed by atoms with Gasteiger partial charge in [-0.15, -0.1) is 0 Å². The highest BCUT2D eigenvalue weighted by Crippen LogP contribution is 2.25. The van der Waals surface area contributed by atoms with Crippen LogP contribution in [0.3, 0.4) is 0 Å². The molecule has 2 atom stereocenters. The van der Waals surface area contributed by atoms with Crippen molar-refractivity contribution in [2.45, 2.75) is 56.8 Å². The summed E-state index contributed by atoms with van der Waals surface area (Å²) in [4.78, 5) is 42.4. The predicted molar refractivity (Wildman–Crippen MR) is 126 cm³/mol. The van der Waals surface area contributed by atoms with Gasteiger partial charge < -0.3 is 15.2 Å². The number of amides is 1. The van der Waals surface area contributed by atoms with Gasteiger partial charge in [-0.1, -0.05) is 11.8 Å². The van der Waals surface area contributed by atoms with Crippen molar-refractivity contribution in [3.63, 3.8) is 0 Å². The second-order valence-electron chi connectivity index (χ2n) is 7.89. The summed E-state index contributed by atoms with van der Waals surface area (Å²) in [5, 5.41) is 16.9. The molecule has 2 N–H and O–H groups in total. The molecule has 10 nitrogen and oxygen atoms in total. The van der Waals surface area contributed by atoms with Crippen LogP contribution in [0.1, 0.15) is 44.1 Å². The fraction of sp³-hybridized carbons (Fsp3) is 0.409.